The second-order valence-corrected chi connectivity index (χ2v) is 5.92. The van der Waals surface area contributed by atoms with Gasteiger partial charge in [-0.25, -0.2) is 4.39 Å². The van der Waals surface area contributed by atoms with Gasteiger partial charge in [0, 0.05) is 24.2 Å². The number of para-hydroxylation sites is 1. The first-order valence-corrected chi connectivity index (χ1v) is 8.12. The predicted molar refractivity (Wildman–Crippen MR) is 98.1 cm³/mol. The van der Waals surface area contributed by atoms with Crippen molar-refractivity contribution in [3.8, 4) is 0 Å². The van der Waals surface area contributed by atoms with Crippen LogP contribution in [0.4, 0.5) is 10.1 Å². The lowest BCUT2D eigenvalue weighted by Crippen LogP contribution is -2.42. The SMILES string of the molecule is Cl.Nc1ccccc1CCC(=O)N1CCOC(c2ccccc2F)C1. The van der Waals surface area contributed by atoms with E-state index in [0.29, 0.717) is 43.8 Å². The molecule has 1 aliphatic rings. The molecule has 1 aliphatic heterocycles. The predicted octanol–water partition coefficient (Wildman–Crippen LogP) is 3.36. The van der Waals surface area contributed by atoms with Gasteiger partial charge in [0.15, 0.2) is 0 Å². The van der Waals surface area contributed by atoms with Crippen molar-refractivity contribution in [2.24, 2.45) is 0 Å². The summed E-state index contributed by atoms with van der Waals surface area (Å²) in [6, 6.07) is 14.1. The molecule has 0 saturated carbocycles. The molecular formula is C19H22ClFN2O2. The highest BCUT2D eigenvalue weighted by Crippen LogP contribution is 2.25. The fraction of sp³-hybridized carbons (Fsp3) is 0.316. The number of carbonyl (C=O) groups excluding carboxylic acids is 1. The summed E-state index contributed by atoms with van der Waals surface area (Å²) in [6.07, 6.45) is 0.580. The minimum atomic E-state index is -0.411. The number of rotatable bonds is 4. The number of hydrogen-bond donors (Lipinski definition) is 1. The maximum Gasteiger partial charge on any atom is 0.223 e. The number of nitrogens with two attached hydrogens (primary N) is 1. The van der Waals surface area contributed by atoms with Crippen molar-refractivity contribution in [2.45, 2.75) is 18.9 Å². The highest BCUT2D eigenvalue weighted by molar-refractivity contribution is 5.85. The van der Waals surface area contributed by atoms with E-state index in [2.05, 4.69) is 0 Å². The molecule has 2 aromatic carbocycles. The summed E-state index contributed by atoms with van der Waals surface area (Å²) in [6.45, 7) is 1.33. The maximum absolute atomic E-state index is 13.9. The molecule has 1 atom stereocenters. The Kier molecular flexibility index (Phi) is 6.79. The van der Waals surface area contributed by atoms with E-state index in [1.807, 2.05) is 24.3 Å². The number of carbonyl (C=O) groups is 1. The number of anilines is 1. The Morgan fingerprint density at radius 1 is 1.20 bits per heavy atom. The van der Waals surface area contributed by atoms with E-state index in [-0.39, 0.29) is 24.1 Å². The number of amides is 1. The maximum atomic E-state index is 13.9. The van der Waals surface area contributed by atoms with Crippen LogP contribution in [0.1, 0.15) is 23.7 Å². The lowest BCUT2D eigenvalue weighted by Gasteiger charge is -2.33. The van der Waals surface area contributed by atoms with Crippen molar-refractivity contribution in [3.05, 3.63) is 65.5 Å². The first kappa shape index (κ1) is 19.2. The molecule has 2 N–H and O–H groups in total. The molecule has 25 heavy (non-hydrogen) atoms. The van der Waals surface area contributed by atoms with E-state index in [4.69, 9.17) is 10.5 Å². The fourth-order valence-electron chi connectivity index (χ4n) is 2.96. The van der Waals surface area contributed by atoms with Gasteiger partial charge in [-0.05, 0) is 24.1 Å². The number of nitrogen functional groups attached to an aromatic ring is 1. The normalized spacial score (nSPS) is 17.0. The largest absolute Gasteiger partial charge is 0.399 e. The van der Waals surface area contributed by atoms with E-state index < -0.39 is 6.10 Å². The monoisotopic (exact) mass is 364 g/mol. The summed E-state index contributed by atoms with van der Waals surface area (Å²) in [5.74, 6) is -0.253. The van der Waals surface area contributed by atoms with Gasteiger partial charge in [-0.15, -0.1) is 12.4 Å². The van der Waals surface area contributed by atoms with Crippen molar-refractivity contribution < 1.29 is 13.9 Å². The quantitative estimate of drug-likeness (QED) is 0.846. The number of morpholine rings is 1. The van der Waals surface area contributed by atoms with Crippen molar-refractivity contribution in [2.75, 3.05) is 25.4 Å². The van der Waals surface area contributed by atoms with E-state index in [1.54, 1.807) is 23.1 Å². The molecule has 0 aliphatic carbocycles. The zero-order valence-corrected chi connectivity index (χ0v) is 14.7. The molecule has 6 heteroatoms. The highest BCUT2D eigenvalue weighted by Gasteiger charge is 2.26. The summed E-state index contributed by atoms with van der Waals surface area (Å²) >= 11 is 0. The van der Waals surface area contributed by atoms with Crippen LogP contribution in [0.15, 0.2) is 48.5 Å². The number of aryl methyl sites for hydroxylation is 1. The smallest absolute Gasteiger partial charge is 0.223 e. The van der Waals surface area contributed by atoms with Crippen LogP contribution >= 0.6 is 12.4 Å². The van der Waals surface area contributed by atoms with Gasteiger partial charge in [-0.3, -0.25) is 4.79 Å². The Bertz CT molecular complexity index is 726. The van der Waals surface area contributed by atoms with Gasteiger partial charge in [0.05, 0.1) is 13.2 Å². The Labute approximate surface area is 153 Å². The van der Waals surface area contributed by atoms with Gasteiger partial charge in [0.25, 0.3) is 0 Å². The minimum Gasteiger partial charge on any atom is -0.399 e. The molecule has 0 aromatic heterocycles. The average Bonchev–Trinajstić information content (AvgIpc) is 2.61. The number of hydrogen-bond acceptors (Lipinski definition) is 3. The molecule has 2 aromatic rings. The van der Waals surface area contributed by atoms with Crippen molar-refractivity contribution in [1.29, 1.82) is 0 Å². The third-order valence-electron chi connectivity index (χ3n) is 4.33. The Hall–Kier alpha value is -2.11. The van der Waals surface area contributed by atoms with Gasteiger partial charge in [0.2, 0.25) is 5.91 Å². The fourth-order valence-corrected chi connectivity index (χ4v) is 2.96. The highest BCUT2D eigenvalue weighted by atomic mass is 35.5. The first-order valence-electron chi connectivity index (χ1n) is 8.12. The average molecular weight is 365 g/mol. The first-order chi connectivity index (χ1) is 11.6. The third kappa shape index (κ3) is 4.71. The van der Waals surface area contributed by atoms with Crippen LogP contribution in [0.3, 0.4) is 0 Å². The molecule has 0 radical (unpaired) electrons. The minimum absolute atomic E-state index is 0. The van der Waals surface area contributed by atoms with Crippen LogP contribution in [0.2, 0.25) is 0 Å². The molecule has 1 amide bonds. The summed E-state index contributed by atoms with van der Waals surface area (Å²) in [5.41, 5.74) is 8.10. The zero-order chi connectivity index (χ0) is 16.9. The standard InChI is InChI=1S/C19H21FN2O2.ClH/c20-16-7-3-2-6-15(16)18-13-22(11-12-24-18)19(23)10-9-14-5-1-4-8-17(14)21;/h1-8,18H,9-13,21H2;1H. The lowest BCUT2D eigenvalue weighted by molar-refractivity contribution is -0.139. The van der Waals surface area contributed by atoms with Crippen LogP contribution < -0.4 is 5.73 Å². The van der Waals surface area contributed by atoms with Crippen LogP contribution in [0.5, 0.6) is 0 Å². The molecule has 1 fully saturated rings. The van der Waals surface area contributed by atoms with Crippen molar-refractivity contribution in [3.63, 3.8) is 0 Å². The van der Waals surface area contributed by atoms with Crippen LogP contribution in [-0.2, 0) is 16.0 Å². The third-order valence-corrected chi connectivity index (χ3v) is 4.33. The Morgan fingerprint density at radius 3 is 2.68 bits per heavy atom. The second kappa shape index (κ2) is 8.83. The van der Waals surface area contributed by atoms with Crippen molar-refractivity contribution >= 4 is 24.0 Å². The van der Waals surface area contributed by atoms with Crippen LogP contribution in [0.25, 0.3) is 0 Å². The number of halogens is 2. The van der Waals surface area contributed by atoms with E-state index in [1.165, 1.54) is 6.07 Å². The molecule has 1 heterocycles. The topological polar surface area (TPSA) is 55.6 Å². The van der Waals surface area contributed by atoms with Crippen LogP contribution in [-0.4, -0.2) is 30.5 Å². The molecule has 134 valence electrons. The van der Waals surface area contributed by atoms with Gasteiger partial charge < -0.3 is 15.4 Å². The Morgan fingerprint density at radius 2 is 1.92 bits per heavy atom. The lowest BCUT2D eigenvalue weighted by atomic mass is 10.1. The number of benzene rings is 2. The van der Waals surface area contributed by atoms with Gasteiger partial charge in [-0.1, -0.05) is 36.4 Å². The molecule has 3 rings (SSSR count). The second-order valence-electron chi connectivity index (χ2n) is 5.92. The number of nitrogens with zero attached hydrogens (tertiary/aromatic N) is 1. The molecule has 1 saturated heterocycles. The summed E-state index contributed by atoms with van der Waals surface area (Å²) in [7, 11) is 0. The zero-order valence-electron chi connectivity index (χ0n) is 13.9. The molecular weight excluding hydrogens is 343 g/mol. The summed E-state index contributed by atoms with van der Waals surface area (Å²) in [5, 5.41) is 0. The van der Waals surface area contributed by atoms with E-state index in [9.17, 15) is 9.18 Å². The summed E-state index contributed by atoms with van der Waals surface area (Å²) < 4.78 is 19.6. The number of ether oxygens (including phenoxy) is 1. The van der Waals surface area contributed by atoms with Gasteiger partial charge >= 0.3 is 0 Å². The van der Waals surface area contributed by atoms with Gasteiger partial charge in [-0.2, -0.15) is 0 Å². The van der Waals surface area contributed by atoms with E-state index in [0.717, 1.165) is 5.56 Å². The molecule has 0 bridgehead atoms. The van der Waals surface area contributed by atoms with Gasteiger partial charge in [0.1, 0.15) is 11.9 Å². The van der Waals surface area contributed by atoms with E-state index >= 15 is 0 Å². The summed E-state index contributed by atoms with van der Waals surface area (Å²) in [4.78, 5) is 14.2. The molecule has 0 spiro atoms. The van der Waals surface area contributed by atoms with Crippen LogP contribution in [0, 0.1) is 5.82 Å². The molecule has 4 nitrogen and oxygen atoms in total. The molecule has 1 unspecified atom stereocenters. The van der Waals surface area contributed by atoms with Crippen molar-refractivity contribution in [1.82, 2.24) is 4.90 Å². The Balaban J connectivity index is 0.00000225.